The highest BCUT2D eigenvalue weighted by atomic mass is 16.6. The van der Waals surface area contributed by atoms with E-state index >= 15 is 0 Å². The lowest BCUT2D eigenvalue weighted by molar-refractivity contribution is 0.0348. The molecular formula is C7H13N2O2. The molecule has 1 amide bonds. The summed E-state index contributed by atoms with van der Waals surface area (Å²) in [6.07, 6.45) is 1.13. The van der Waals surface area contributed by atoms with Crippen LogP contribution in [0.5, 0.6) is 0 Å². The Bertz CT molecular complexity index is 143. The zero-order valence-corrected chi connectivity index (χ0v) is 6.45. The van der Waals surface area contributed by atoms with Crippen LogP contribution in [-0.2, 0) is 4.74 Å². The molecule has 1 atom stereocenters. The summed E-state index contributed by atoms with van der Waals surface area (Å²) in [5, 5.41) is 0. The Morgan fingerprint density at radius 3 is 2.55 bits per heavy atom. The molecular weight excluding hydrogens is 144 g/mol. The van der Waals surface area contributed by atoms with Gasteiger partial charge in [-0.05, 0) is 12.8 Å². The number of carbonyl (C=O) groups is 1. The van der Waals surface area contributed by atoms with E-state index in [9.17, 15) is 4.79 Å². The minimum absolute atomic E-state index is 0.407. The highest BCUT2D eigenvalue weighted by Gasteiger charge is 2.19. The Hall–Kier alpha value is -0.770. The molecule has 0 aromatic rings. The van der Waals surface area contributed by atoms with E-state index in [0.717, 1.165) is 25.9 Å². The van der Waals surface area contributed by atoms with Crippen molar-refractivity contribution >= 4 is 6.09 Å². The van der Waals surface area contributed by atoms with Crippen molar-refractivity contribution in [2.45, 2.75) is 19.1 Å². The van der Waals surface area contributed by atoms with Gasteiger partial charge in [0.15, 0.2) is 6.23 Å². The first-order valence-electron chi connectivity index (χ1n) is 3.73. The van der Waals surface area contributed by atoms with Gasteiger partial charge in [-0.1, -0.05) is 0 Å². The van der Waals surface area contributed by atoms with Crippen molar-refractivity contribution in [1.82, 2.24) is 4.90 Å². The Morgan fingerprint density at radius 2 is 2.09 bits per heavy atom. The maximum Gasteiger partial charge on any atom is 0.406 e. The minimum Gasteiger partial charge on any atom is -0.430 e. The molecule has 0 aliphatic carbocycles. The molecule has 63 valence electrons. The second-order valence-corrected chi connectivity index (χ2v) is 2.63. The summed E-state index contributed by atoms with van der Waals surface area (Å²) in [7, 11) is 0. The molecule has 0 bridgehead atoms. The maximum absolute atomic E-state index is 10.3. The van der Waals surface area contributed by atoms with Crippen molar-refractivity contribution in [1.29, 1.82) is 0 Å². The van der Waals surface area contributed by atoms with E-state index in [1.54, 1.807) is 0 Å². The first-order valence-corrected chi connectivity index (χ1v) is 3.73. The Labute approximate surface area is 66.3 Å². The van der Waals surface area contributed by atoms with Gasteiger partial charge in [0.05, 0.1) is 0 Å². The zero-order valence-electron chi connectivity index (χ0n) is 6.45. The molecule has 1 aliphatic heterocycles. The molecule has 0 saturated carbocycles. The summed E-state index contributed by atoms with van der Waals surface area (Å²) in [6.45, 7) is 5.55. The van der Waals surface area contributed by atoms with Crippen LogP contribution >= 0.6 is 0 Å². The van der Waals surface area contributed by atoms with E-state index < -0.39 is 12.3 Å². The topological polar surface area (TPSA) is 55.6 Å². The molecule has 11 heavy (non-hydrogen) atoms. The Balaban J connectivity index is 2.28. The highest BCUT2D eigenvalue weighted by Crippen LogP contribution is 2.11. The number of nitrogens with two attached hydrogens (primary N) is 1. The number of carbonyl (C=O) groups excluding carboxylic acids is 1. The molecule has 1 rings (SSSR count). The van der Waals surface area contributed by atoms with Crippen molar-refractivity contribution in [2.75, 3.05) is 13.1 Å². The molecule has 0 aromatic carbocycles. The van der Waals surface area contributed by atoms with Crippen molar-refractivity contribution in [3.63, 3.8) is 0 Å². The molecule has 1 heterocycles. The van der Waals surface area contributed by atoms with Crippen LogP contribution in [0, 0.1) is 6.92 Å². The maximum atomic E-state index is 10.3. The van der Waals surface area contributed by atoms with Crippen LogP contribution < -0.4 is 5.73 Å². The van der Waals surface area contributed by atoms with Crippen LogP contribution in [0.4, 0.5) is 4.79 Å². The van der Waals surface area contributed by atoms with Crippen LogP contribution in [0.25, 0.3) is 0 Å². The molecule has 2 N–H and O–H groups in total. The van der Waals surface area contributed by atoms with Crippen molar-refractivity contribution < 1.29 is 9.53 Å². The summed E-state index contributed by atoms with van der Waals surface area (Å²) in [4.78, 5) is 12.3. The number of ether oxygens (including phenoxy) is 1. The monoisotopic (exact) mass is 157 g/mol. The average Bonchev–Trinajstić information content (AvgIpc) is 2.35. The predicted octanol–water partition coefficient (Wildman–Crippen LogP) is 0.338. The molecule has 0 spiro atoms. The lowest BCUT2D eigenvalue weighted by atomic mass is 10.4. The van der Waals surface area contributed by atoms with E-state index in [2.05, 4.69) is 11.7 Å². The lowest BCUT2D eigenvalue weighted by Crippen LogP contribution is -2.35. The standard InChI is InChI=1S/C7H13N2O2/c1-6(11-7(8)10)9-4-2-3-5-9/h6H,1-5H2,(H2,8,10). The van der Waals surface area contributed by atoms with Gasteiger partial charge in [-0.15, -0.1) is 0 Å². The number of amides is 1. The third kappa shape index (κ3) is 2.38. The summed E-state index contributed by atoms with van der Waals surface area (Å²) < 4.78 is 4.69. The summed E-state index contributed by atoms with van der Waals surface area (Å²) in [5.41, 5.74) is 4.83. The molecule has 1 fully saturated rings. The van der Waals surface area contributed by atoms with Gasteiger partial charge in [0, 0.05) is 20.0 Å². The van der Waals surface area contributed by atoms with Gasteiger partial charge in [-0.3, -0.25) is 4.90 Å². The van der Waals surface area contributed by atoms with E-state index in [1.165, 1.54) is 0 Å². The normalized spacial score (nSPS) is 21.5. The van der Waals surface area contributed by atoms with Gasteiger partial charge in [-0.25, -0.2) is 4.79 Å². The molecule has 1 unspecified atom stereocenters. The second-order valence-electron chi connectivity index (χ2n) is 2.63. The van der Waals surface area contributed by atoms with Crippen molar-refractivity contribution in [2.24, 2.45) is 5.73 Å². The van der Waals surface area contributed by atoms with Gasteiger partial charge in [0.25, 0.3) is 0 Å². The number of hydrogen-bond acceptors (Lipinski definition) is 3. The van der Waals surface area contributed by atoms with Crippen LogP contribution in [-0.4, -0.2) is 30.3 Å². The van der Waals surface area contributed by atoms with Crippen LogP contribution in [0.15, 0.2) is 0 Å². The van der Waals surface area contributed by atoms with Gasteiger partial charge < -0.3 is 10.5 Å². The SMILES string of the molecule is [CH2]C(OC(N)=O)N1CCCC1. The fourth-order valence-corrected chi connectivity index (χ4v) is 1.24. The quantitative estimate of drug-likeness (QED) is 0.628. The molecule has 4 heteroatoms. The summed E-state index contributed by atoms with van der Waals surface area (Å²) in [5.74, 6) is 0. The average molecular weight is 157 g/mol. The fraction of sp³-hybridized carbons (Fsp3) is 0.714. The first kappa shape index (κ1) is 8.33. The van der Waals surface area contributed by atoms with E-state index in [-0.39, 0.29) is 0 Å². The van der Waals surface area contributed by atoms with E-state index in [1.807, 2.05) is 4.90 Å². The predicted molar refractivity (Wildman–Crippen MR) is 40.6 cm³/mol. The fourth-order valence-electron chi connectivity index (χ4n) is 1.24. The minimum atomic E-state index is -0.753. The smallest absolute Gasteiger partial charge is 0.406 e. The molecule has 1 radical (unpaired) electrons. The van der Waals surface area contributed by atoms with Crippen LogP contribution in [0.2, 0.25) is 0 Å². The zero-order chi connectivity index (χ0) is 8.27. The third-order valence-electron chi connectivity index (χ3n) is 1.80. The number of primary amides is 1. The Kier molecular flexibility index (Phi) is 2.70. The van der Waals surface area contributed by atoms with E-state index in [4.69, 9.17) is 5.73 Å². The number of likely N-dealkylation sites (tertiary alicyclic amines) is 1. The Morgan fingerprint density at radius 1 is 1.55 bits per heavy atom. The number of rotatable bonds is 2. The molecule has 1 aliphatic rings. The van der Waals surface area contributed by atoms with Crippen molar-refractivity contribution in [3.8, 4) is 0 Å². The molecule has 4 nitrogen and oxygen atoms in total. The summed E-state index contributed by atoms with van der Waals surface area (Å²) in [6, 6.07) is 0. The van der Waals surface area contributed by atoms with Crippen LogP contribution in [0.1, 0.15) is 12.8 Å². The van der Waals surface area contributed by atoms with Gasteiger partial charge in [0.2, 0.25) is 0 Å². The number of hydrogen-bond donors (Lipinski definition) is 1. The van der Waals surface area contributed by atoms with Gasteiger partial charge in [0.1, 0.15) is 0 Å². The molecule has 0 aromatic heterocycles. The largest absolute Gasteiger partial charge is 0.430 e. The van der Waals surface area contributed by atoms with Gasteiger partial charge >= 0.3 is 6.09 Å². The van der Waals surface area contributed by atoms with Gasteiger partial charge in [-0.2, -0.15) is 0 Å². The lowest BCUT2D eigenvalue weighted by Gasteiger charge is -2.21. The summed E-state index contributed by atoms with van der Waals surface area (Å²) >= 11 is 0. The van der Waals surface area contributed by atoms with E-state index in [0.29, 0.717) is 0 Å². The second kappa shape index (κ2) is 3.57. The third-order valence-corrected chi connectivity index (χ3v) is 1.80. The van der Waals surface area contributed by atoms with Crippen LogP contribution in [0.3, 0.4) is 0 Å². The number of nitrogens with zero attached hydrogens (tertiary/aromatic N) is 1. The first-order chi connectivity index (χ1) is 5.20. The molecule has 1 saturated heterocycles. The highest BCUT2D eigenvalue weighted by molar-refractivity contribution is 5.64. The van der Waals surface area contributed by atoms with Crippen molar-refractivity contribution in [3.05, 3.63) is 6.92 Å².